The minimum absolute atomic E-state index is 0.00384. The summed E-state index contributed by atoms with van der Waals surface area (Å²) in [4.78, 5) is 71.8. The van der Waals surface area contributed by atoms with Crippen LogP contribution in [0.15, 0.2) is 30.3 Å². The first-order chi connectivity index (χ1) is 17.4. The Morgan fingerprint density at radius 3 is 1.86 bits per heavy atom. The summed E-state index contributed by atoms with van der Waals surface area (Å²) in [7, 11) is 0. The van der Waals surface area contributed by atoms with Crippen LogP contribution in [0.3, 0.4) is 0 Å². The molecule has 204 valence electrons. The molecule has 0 aromatic heterocycles. The van der Waals surface area contributed by atoms with Gasteiger partial charge in [0.05, 0.1) is 12.5 Å². The zero-order valence-corrected chi connectivity index (χ0v) is 21.0. The Balaban J connectivity index is 3.01. The molecule has 1 aromatic rings. The Morgan fingerprint density at radius 1 is 0.811 bits per heavy atom. The lowest BCUT2D eigenvalue weighted by molar-refractivity contribution is -0.142. The molecule has 13 nitrogen and oxygen atoms in total. The van der Waals surface area contributed by atoms with Gasteiger partial charge in [0.2, 0.25) is 17.7 Å². The van der Waals surface area contributed by atoms with Crippen LogP contribution in [0.5, 0.6) is 0 Å². The number of aliphatic carboxylic acids is 3. The highest BCUT2D eigenvalue weighted by atomic mass is 32.2. The lowest BCUT2D eigenvalue weighted by Crippen LogP contribution is -2.57. The van der Waals surface area contributed by atoms with E-state index in [2.05, 4.69) is 16.0 Å². The number of nitrogens with one attached hydrogen (secondary N) is 3. The average molecular weight is 541 g/mol. The van der Waals surface area contributed by atoms with E-state index in [1.54, 1.807) is 36.6 Å². The Kier molecular flexibility index (Phi) is 13.7. The van der Waals surface area contributed by atoms with Crippen molar-refractivity contribution < 1.29 is 44.1 Å². The number of thioether (sulfide) groups is 1. The predicted octanol–water partition coefficient (Wildman–Crippen LogP) is -0.812. The van der Waals surface area contributed by atoms with Crippen LogP contribution in [-0.4, -0.2) is 87.1 Å². The zero-order chi connectivity index (χ0) is 28.0. The maximum atomic E-state index is 13.0. The van der Waals surface area contributed by atoms with Crippen molar-refractivity contribution in [2.45, 2.75) is 56.3 Å². The van der Waals surface area contributed by atoms with E-state index in [1.165, 1.54) is 11.8 Å². The number of benzene rings is 1. The number of hydrogen-bond donors (Lipinski definition) is 7. The van der Waals surface area contributed by atoms with Crippen LogP contribution < -0.4 is 21.7 Å². The third kappa shape index (κ3) is 12.2. The van der Waals surface area contributed by atoms with Crippen molar-refractivity contribution in [3.05, 3.63) is 35.9 Å². The number of carbonyl (C=O) groups is 6. The van der Waals surface area contributed by atoms with Crippen LogP contribution in [0.4, 0.5) is 0 Å². The zero-order valence-electron chi connectivity index (χ0n) is 20.2. The number of hydrogen-bond acceptors (Lipinski definition) is 8. The molecule has 0 saturated carbocycles. The smallest absolute Gasteiger partial charge is 0.326 e. The van der Waals surface area contributed by atoms with E-state index >= 15 is 0 Å². The van der Waals surface area contributed by atoms with Gasteiger partial charge < -0.3 is 37.0 Å². The molecule has 1 rings (SSSR count). The third-order valence-corrected chi connectivity index (χ3v) is 5.80. The minimum atomic E-state index is -1.48. The number of amides is 3. The van der Waals surface area contributed by atoms with Crippen LogP contribution in [0.2, 0.25) is 0 Å². The summed E-state index contributed by atoms with van der Waals surface area (Å²) >= 11 is 1.38. The van der Waals surface area contributed by atoms with E-state index in [1.807, 2.05) is 0 Å². The number of nitrogens with two attached hydrogens (primary N) is 1. The molecule has 0 aliphatic heterocycles. The van der Waals surface area contributed by atoms with Gasteiger partial charge in [-0.2, -0.15) is 11.8 Å². The van der Waals surface area contributed by atoms with Crippen molar-refractivity contribution >= 4 is 47.4 Å². The molecule has 0 radical (unpaired) electrons. The first-order valence-electron chi connectivity index (χ1n) is 11.3. The molecule has 14 heteroatoms. The second-order valence-corrected chi connectivity index (χ2v) is 9.12. The van der Waals surface area contributed by atoms with Crippen LogP contribution in [0, 0.1) is 0 Å². The summed E-state index contributed by atoms with van der Waals surface area (Å²) in [6.45, 7) is 0. The second kappa shape index (κ2) is 16.2. The van der Waals surface area contributed by atoms with Gasteiger partial charge in [0.25, 0.3) is 0 Å². The van der Waals surface area contributed by atoms with Gasteiger partial charge in [0, 0.05) is 12.8 Å². The van der Waals surface area contributed by atoms with Gasteiger partial charge in [-0.3, -0.25) is 24.0 Å². The highest BCUT2D eigenvalue weighted by Gasteiger charge is 2.31. The number of rotatable bonds is 17. The summed E-state index contributed by atoms with van der Waals surface area (Å²) in [5.41, 5.74) is 6.20. The molecule has 0 saturated heterocycles. The molecule has 0 bridgehead atoms. The Bertz CT molecular complexity index is 961. The lowest BCUT2D eigenvalue weighted by Gasteiger charge is -2.25. The molecule has 4 unspecified atom stereocenters. The maximum absolute atomic E-state index is 13.0. The minimum Gasteiger partial charge on any atom is -0.481 e. The van der Waals surface area contributed by atoms with Gasteiger partial charge in [-0.05, 0) is 30.4 Å². The maximum Gasteiger partial charge on any atom is 0.326 e. The fourth-order valence-electron chi connectivity index (χ4n) is 3.20. The summed E-state index contributed by atoms with van der Waals surface area (Å²) in [5.74, 6) is -6.08. The average Bonchev–Trinajstić information content (AvgIpc) is 2.83. The van der Waals surface area contributed by atoms with Crippen LogP contribution >= 0.6 is 11.8 Å². The quantitative estimate of drug-likeness (QED) is 0.129. The Hall–Kier alpha value is -3.65. The Morgan fingerprint density at radius 2 is 1.35 bits per heavy atom. The second-order valence-electron chi connectivity index (χ2n) is 8.13. The van der Waals surface area contributed by atoms with Crippen molar-refractivity contribution in [3.63, 3.8) is 0 Å². The summed E-state index contributed by atoms with van der Waals surface area (Å²) in [6.07, 6.45) is 0.321. The fraction of sp³-hybridized carbons (Fsp3) is 0.478. The van der Waals surface area contributed by atoms with Crippen molar-refractivity contribution in [1.82, 2.24) is 16.0 Å². The van der Waals surface area contributed by atoms with Crippen LogP contribution in [0.25, 0.3) is 0 Å². The number of carboxylic acid groups (broad SMARTS) is 3. The molecule has 37 heavy (non-hydrogen) atoms. The van der Waals surface area contributed by atoms with E-state index in [0.29, 0.717) is 11.3 Å². The topological polar surface area (TPSA) is 225 Å². The van der Waals surface area contributed by atoms with Gasteiger partial charge in [-0.15, -0.1) is 0 Å². The molecule has 0 fully saturated rings. The van der Waals surface area contributed by atoms with E-state index < -0.39 is 72.6 Å². The molecule has 0 spiro atoms. The van der Waals surface area contributed by atoms with Gasteiger partial charge in [-0.1, -0.05) is 30.3 Å². The normalized spacial score (nSPS) is 13.9. The first-order valence-corrected chi connectivity index (χ1v) is 12.7. The van der Waals surface area contributed by atoms with Gasteiger partial charge in [0.1, 0.15) is 18.1 Å². The largest absolute Gasteiger partial charge is 0.481 e. The number of carbonyl (C=O) groups excluding carboxylic acids is 3. The molecule has 0 aliphatic carbocycles. The summed E-state index contributed by atoms with van der Waals surface area (Å²) < 4.78 is 0. The molecule has 8 N–H and O–H groups in total. The van der Waals surface area contributed by atoms with Crippen molar-refractivity contribution in [2.24, 2.45) is 5.73 Å². The van der Waals surface area contributed by atoms with Crippen molar-refractivity contribution in [3.8, 4) is 0 Å². The van der Waals surface area contributed by atoms with Crippen LogP contribution in [-0.2, 0) is 35.2 Å². The standard InChI is InChI=1S/C23H32N4O9S/c1-37-10-9-16(22(34)27-17(23(35)36)11-13-5-3-2-4-6-13)26-21(33)15(7-8-18(28)29)25-20(32)14(24)12-19(30)31/h2-6,14-17H,7-12,24H2,1H3,(H,25,32)(H,26,33)(H,27,34)(H,28,29)(H,30,31)(H,35,36). The molecule has 0 heterocycles. The summed E-state index contributed by atoms with van der Waals surface area (Å²) in [5, 5.41) is 34.5. The summed E-state index contributed by atoms with van der Waals surface area (Å²) in [6, 6.07) is 3.26. The predicted molar refractivity (Wildman–Crippen MR) is 134 cm³/mol. The van der Waals surface area contributed by atoms with Gasteiger partial charge in [0.15, 0.2) is 0 Å². The molecule has 4 atom stereocenters. The molecule has 0 aliphatic rings. The van der Waals surface area contributed by atoms with E-state index in [-0.39, 0.29) is 19.3 Å². The molecule has 1 aromatic carbocycles. The third-order valence-electron chi connectivity index (χ3n) is 5.15. The van der Waals surface area contributed by atoms with E-state index in [0.717, 1.165) is 0 Å². The fourth-order valence-corrected chi connectivity index (χ4v) is 3.67. The van der Waals surface area contributed by atoms with E-state index in [9.17, 15) is 33.9 Å². The van der Waals surface area contributed by atoms with Crippen molar-refractivity contribution in [1.29, 1.82) is 0 Å². The monoisotopic (exact) mass is 540 g/mol. The molecular formula is C23H32N4O9S. The highest BCUT2D eigenvalue weighted by molar-refractivity contribution is 7.98. The first kappa shape index (κ1) is 31.4. The SMILES string of the molecule is CSCCC(NC(=O)C(CCC(=O)O)NC(=O)C(N)CC(=O)O)C(=O)NC(Cc1ccccc1)C(=O)O. The highest BCUT2D eigenvalue weighted by Crippen LogP contribution is 2.08. The number of carboxylic acids is 3. The van der Waals surface area contributed by atoms with Crippen molar-refractivity contribution in [2.75, 3.05) is 12.0 Å². The van der Waals surface area contributed by atoms with Crippen LogP contribution in [0.1, 0.15) is 31.2 Å². The van der Waals surface area contributed by atoms with E-state index in [4.69, 9.17) is 15.9 Å². The lowest BCUT2D eigenvalue weighted by atomic mass is 10.0. The molecular weight excluding hydrogens is 508 g/mol. The Labute approximate surface area is 217 Å². The van der Waals surface area contributed by atoms with Gasteiger partial charge in [-0.25, -0.2) is 4.79 Å². The van der Waals surface area contributed by atoms with Gasteiger partial charge >= 0.3 is 17.9 Å². The molecule has 3 amide bonds.